The Morgan fingerprint density at radius 3 is 2.90 bits per heavy atom. The van der Waals surface area contributed by atoms with Gasteiger partial charge in [-0.3, -0.25) is 4.79 Å². The van der Waals surface area contributed by atoms with Crippen LogP contribution >= 0.6 is 0 Å². The Balaban J connectivity index is 2.00. The molecule has 2 heterocycles. The van der Waals surface area contributed by atoms with Crippen LogP contribution in [0, 0.1) is 0 Å². The Labute approximate surface area is 114 Å². The van der Waals surface area contributed by atoms with Gasteiger partial charge in [0, 0.05) is 6.54 Å². The van der Waals surface area contributed by atoms with E-state index in [1.165, 1.54) is 10.9 Å². The molecule has 0 radical (unpaired) electrons. The lowest BCUT2D eigenvalue weighted by Gasteiger charge is -2.37. The Kier molecular flexibility index (Phi) is 4.30. The molecule has 0 bridgehead atoms. The number of nitrogens with zero attached hydrogens (tertiary/aromatic N) is 4. The van der Waals surface area contributed by atoms with E-state index in [0.717, 1.165) is 0 Å². The lowest BCUT2D eigenvalue weighted by molar-refractivity contribution is -0.147. The number of aliphatic hydroxyl groups is 1. The normalized spacial score (nSPS) is 22.8. The van der Waals surface area contributed by atoms with Crippen molar-refractivity contribution in [2.24, 2.45) is 0 Å². The lowest BCUT2D eigenvalue weighted by atomic mass is 10.2. The molecule has 0 spiro atoms. The first-order chi connectivity index (χ1) is 9.51. The first kappa shape index (κ1) is 14.4. The largest absolute Gasteiger partial charge is 0.476 e. The number of carboxylic acid groups (broad SMARTS) is 1. The Hall–Kier alpha value is -2.00. The van der Waals surface area contributed by atoms with Gasteiger partial charge in [0.25, 0.3) is 0 Å². The van der Waals surface area contributed by atoms with Crippen molar-refractivity contribution in [3.63, 3.8) is 0 Å². The zero-order valence-corrected chi connectivity index (χ0v) is 11.0. The molecule has 0 aromatic carbocycles. The third-order valence-corrected chi connectivity index (χ3v) is 3.08. The molecule has 2 unspecified atom stereocenters. The van der Waals surface area contributed by atoms with E-state index in [9.17, 15) is 9.59 Å². The SMILES string of the molecule is CC1COC(CO)CN1C(=O)Cn1cc(C(=O)O)nn1. The van der Waals surface area contributed by atoms with Crippen molar-refractivity contribution in [2.45, 2.75) is 25.6 Å². The van der Waals surface area contributed by atoms with Crippen LogP contribution in [0.1, 0.15) is 17.4 Å². The summed E-state index contributed by atoms with van der Waals surface area (Å²) in [6, 6.07) is -0.104. The zero-order chi connectivity index (χ0) is 14.7. The highest BCUT2D eigenvalue weighted by Gasteiger charge is 2.29. The number of aliphatic hydroxyl groups excluding tert-OH is 1. The second-order valence-corrected chi connectivity index (χ2v) is 4.64. The van der Waals surface area contributed by atoms with Gasteiger partial charge in [0.2, 0.25) is 5.91 Å². The number of rotatable bonds is 4. The number of hydrogen-bond acceptors (Lipinski definition) is 6. The summed E-state index contributed by atoms with van der Waals surface area (Å²) in [5.74, 6) is -1.41. The van der Waals surface area contributed by atoms with E-state index >= 15 is 0 Å². The predicted molar refractivity (Wildman–Crippen MR) is 65.0 cm³/mol. The molecule has 1 aliphatic heterocycles. The second-order valence-electron chi connectivity index (χ2n) is 4.64. The number of ether oxygens (including phenoxy) is 1. The summed E-state index contributed by atoms with van der Waals surface area (Å²) in [7, 11) is 0. The topological polar surface area (TPSA) is 118 Å². The molecule has 2 rings (SSSR count). The molecule has 2 N–H and O–H groups in total. The molecule has 9 heteroatoms. The van der Waals surface area contributed by atoms with Crippen molar-refractivity contribution in [3.8, 4) is 0 Å². The fraction of sp³-hybridized carbons (Fsp3) is 0.636. The molecular weight excluding hydrogens is 268 g/mol. The van der Waals surface area contributed by atoms with E-state index in [4.69, 9.17) is 14.9 Å². The summed E-state index contributed by atoms with van der Waals surface area (Å²) in [4.78, 5) is 24.4. The molecule has 20 heavy (non-hydrogen) atoms. The highest BCUT2D eigenvalue weighted by molar-refractivity contribution is 5.84. The van der Waals surface area contributed by atoms with Gasteiger partial charge in [-0.15, -0.1) is 5.10 Å². The minimum atomic E-state index is -1.19. The van der Waals surface area contributed by atoms with Crippen molar-refractivity contribution >= 4 is 11.9 Å². The van der Waals surface area contributed by atoms with E-state index in [1.807, 2.05) is 6.92 Å². The van der Waals surface area contributed by atoms with Gasteiger partial charge in [-0.2, -0.15) is 0 Å². The molecule has 1 fully saturated rings. The number of morpholine rings is 1. The predicted octanol–water partition coefficient (Wildman–Crippen LogP) is -1.42. The quantitative estimate of drug-likeness (QED) is 0.697. The number of hydrogen-bond donors (Lipinski definition) is 2. The van der Waals surface area contributed by atoms with Gasteiger partial charge in [-0.05, 0) is 6.92 Å². The standard InChI is InChI=1S/C11H16N4O5/c1-7-6-20-8(5-16)2-15(7)10(17)4-14-3-9(11(18)19)12-13-14/h3,7-8,16H,2,4-6H2,1H3,(H,18,19). The Bertz CT molecular complexity index is 503. The van der Waals surface area contributed by atoms with Crippen LogP contribution in [0.4, 0.5) is 0 Å². The molecule has 110 valence electrons. The molecule has 0 aliphatic carbocycles. The van der Waals surface area contributed by atoms with Gasteiger partial charge < -0.3 is 19.8 Å². The van der Waals surface area contributed by atoms with Gasteiger partial charge in [0.05, 0.1) is 31.6 Å². The molecule has 1 aliphatic rings. The van der Waals surface area contributed by atoms with E-state index in [1.54, 1.807) is 4.90 Å². The van der Waals surface area contributed by atoms with Gasteiger partial charge in [0.1, 0.15) is 6.54 Å². The fourth-order valence-corrected chi connectivity index (χ4v) is 1.98. The number of aromatic carboxylic acids is 1. The highest BCUT2D eigenvalue weighted by atomic mass is 16.5. The molecule has 2 atom stereocenters. The van der Waals surface area contributed by atoms with Crippen LogP contribution in [0.2, 0.25) is 0 Å². The fourth-order valence-electron chi connectivity index (χ4n) is 1.98. The Morgan fingerprint density at radius 1 is 1.55 bits per heavy atom. The van der Waals surface area contributed by atoms with Crippen molar-refractivity contribution in [1.82, 2.24) is 19.9 Å². The summed E-state index contributed by atoms with van der Waals surface area (Å²) in [6.07, 6.45) is 0.815. The second kappa shape index (κ2) is 5.97. The molecule has 1 amide bonds. The van der Waals surface area contributed by atoms with Crippen molar-refractivity contribution in [2.75, 3.05) is 19.8 Å². The summed E-state index contributed by atoms with van der Waals surface area (Å²) < 4.78 is 6.53. The average Bonchev–Trinajstić information content (AvgIpc) is 2.88. The summed E-state index contributed by atoms with van der Waals surface area (Å²) in [5.41, 5.74) is -0.207. The van der Waals surface area contributed by atoms with Gasteiger partial charge in [0.15, 0.2) is 5.69 Å². The summed E-state index contributed by atoms with van der Waals surface area (Å²) >= 11 is 0. The van der Waals surface area contributed by atoms with E-state index in [2.05, 4.69) is 10.3 Å². The molecule has 0 saturated carbocycles. The average molecular weight is 284 g/mol. The minimum Gasteiger partial charge on any atom is -0.476 e. The third kappa shape index (κ3) is 3.11. The van der Waals surface area contributed by atoms with Gasteiger partial charge in [-0.25, -0.2) is 9.48 Å². The monoisotopic (exact) mass is 284 g/mol. The first-order valence-electron chi connectivity index (χ1n) is 6.16. The molecular formula is C11H16N4O5. The van der Waals surface area contributed by atoms with Crippen LogP contribution in [0.5, 0.6) is 0 Å². The number of aromatic nitrogens is 3. The van der Waals surface area contributed by atoms with Crippen LogP contribution < -0.4 is 0 Å². The van der Waals surface area contributed by atoms with Crippen molar-refractivity contribution < 1.29 is 24.5 Å². The van der Waals surface area contributed by atoms with Gasteiger partial charge in [-0.1, -0.05) is 5.21 Å². The maximum atomic E-state index is 12.2. The maximum absolute atomic E-state index is 12.2. The first-order valence-corrected chi connectivity index (χ1v) is 6.16. The maximum Gasteiger partial charge on any atom is 0.358 e. The number of carbonyl (C=O) groups excluding carboxylic acids is 1. The van der Waals surface area contributed by atoms with Crippen LogP contribution in [0.25, 0.3) is 0 Å². The number of amides is 1. The summed E-state index contributed by atoms with van der Waals surface area (Å²) in [6.45, 7) is 2.26. The van der Waals surface area contributed by atoms with Crippen molar-refractivity contribution in [1.29, 1.82) is 0 Å². The molecule has 1 aromatic heterocycles. The van der Waals surface area contributed by atoms with Gasteiger partial charge >= 0.3 is 5.97 Å². The van der Waals surface area contributed by atoms with Crippen LogP contribution in [-0.2, 0) is 16.1 Å². The van der Waals surface area contributed by atoms with Crippen LogP contribution in [0.15, 0.2) is 6.20 Å². The smallest absolute Gasteiger partial charge is 0.358 e. The molecule has 1 saturated heterocycles. The van der Waals surface area contributed by atoms with Crippen molar-refractivity contribution in [3.05, 3.63) is 11.9 Å². The van der Waals surface area contributed by atoms with Crippen LogP contribution in [-0.4, -0.2) is 73.9 Å². The molecule has 9 nitrogen and oxygen atoms in total. The van der Waals surface area contributed by atoms with E-state index < -0.39 is 5.97 Å². The number of carboxylic acids is 1. The Morgan fingerprint density at radius 2 is 2.30 bits per heavy atom. The zero-order valence-electron chi connectivity index (χ0n) is 11.0. The van der Waals surface area contributed by atoms with E-state index in [0.29, 0.717) is 13.2 Å². The highest BCUT2D eigenvalue weighted by Crippen LogP contribution is 2.12. The lowest BCUT2D eigenvalue weighted by Crippen LogP contribution is -2.52. The minimum absolute atomic E-state index is 0.0945. The summed E-state index contributed by atoms with van der Waals surface area (Å²) in [5, 5.41) is 24.8. The number of carbonyl (C=O) groups is 2. The third-order valence-electron chi connectivity index (χ3n) is 3.08. The van der Waals surface area contributed by atoms with E-state index in [-0.39, 0.29) is 36.9 Å². The van der Waals surface area contributed by atoms with Crippen LogP contribution in [0.3, 0.4) is 0 Å². The molecule has 1 aromatic rings.